The van der Waals surface area contributed by atoms with Gasteiger partial charge in [-0.3, -0.25) is 4.79 Å². The molecule has 0 atom stereocenters. The molecule has 1 saturated carbocycles. The smallest absolute Gasteiger partial charge is 0.253 e. The van der Waals surface area contributed by atoms with Gasteiger partial charge in [0.05, 0.1) is 24.8 Å². The third kappa shape index (κ3) is 6.06. The number of aromatic nitrogens is 1. The molecule has 1 amide bonds. The van der Waals surface area contributed by atoms with E-state index in [-0.39, 0.29) is 11.9 Å². The first-order chi connectivity index (χ1) is 14.6. The minimum atomic E-state index is 0.0533. The summed E-state index contributed by atoms with van der Waals surface area (Å²) in [6, 6.07) is 6.33. The van der Waals surface area contributed by atoms with Crippen LogP contribution < -0.4 is 10.8 Å². The van der Waals surface area contributed by atoms with E-state index in [9.17, 15) is 4.79 Å². The van der Waals surface area contributed by atoms with Crippen molar-refractivity contribution in [2.24, 2.45) is 5.92 Å². The zero-order chi connectivity index (χ0) is 21.3. The quantitative estimate of drug-likeness (QED) is 0.494. The number of nitrogens with zero attached hydrogens (tertiary/aromatic N) is 1. The molecular formula is C23H34BrN3O3. The maximum absolute atomic E-state index is 12.7. The Morgan fingerprint density at radius 1 is 1.27 bits per heavy atom. The maximum Gasteiger partial charge on any atom is 0.253 e. The van der Waals surface area contributed by atoms with Gasteiger partial charge in [-0.15, -0.1) is 0 Å². The number of carbonyl (C=O) groups excluding carboxylic acids is 1. The molecule has 1 aliphatic carbocycles. The standard InChI is InChI=1S/C20H27BrN2O.C3H7NO2/c1-2-13-23-14-16(19-17(21)9-6-10-18(19)23)20(24)22-12-11-15-7-4-3-5-8-15;5-4-3-1-6-2-3/h6,9-10,14-15H,2-5,7-8,11-13H2,1H3,(H,22,24);3-5H,1-2H2. The van der Waals surface area contributed by atoms with Crippen molar-refractivity contribution in [3.05, 3.63) is 34.4 Å². The lowest BCUT2D eigenvalue weighted by atomic mass is 9.87. The van der Waals surface area contributed by atoms with Gasteiger partial charge in [0.2, 0.25) is 0 Å². The Labute approximate surface area is 187 Å². The Bertz CT molecular complexity index is 811. The molecule has 0 unspecified atom stereocenters. The highest BCUT2D eigenvalue weighted by Crippen LogP contribution is 2.30. The molecule has 2 heterocycles. The molecule has 1 saturated heterocycles. The van der Waals surface area contributed by atoms with Gasteiger partial charge in [-0.25, -0.2) is 0 Å². The van der Waals surface area contributed by atoms with Gasteiger partial charge in [0, 0.05) is 34.7 Å². The Kier molecular flexibility index (Phi) is 9.18. The first kappa shape index (κ1) is 23.3. The van der Waals surface area contributed by atoms with Crippen LogP contribution in [0.1, 0.15) is 62.2 Å². The summed E-state index contributed by atoms with van der Waals surface area (Å²) in [5, 5.41) is 12.2. The van der Waals surface area contributed by atoms with Gasteiger partial charge in [-0.1, -0.05) is 61.0 Å². The number of halogens is 1. The van der Waals surface area contributed by atoms with Gasteiger partial charge in [-0.2, -0.15) is 5.48 Å². The second kappa shape index (κ2) is 11.8. The minimum absolute atomic E-state index is 0.0533. The van der Waals surface area contributed by atoms with Crippen LogP contribution in [0.15, 0.2) is 28.9 Å². The second-order valence-corrected chi connectivity index (χ2v) is 9.14. The second-order valence-electron chi connectivity index (χ2n) is 8.28. The predicted molar refractivity (Wildman–Crippen MR) is 123 cm³/mol. The lowest BCUT2D eigenvalue weighted by Gasteiger charge is -2.23. The maximum atomic E-state index is 12.7. The molecule has 2 aromatic rings. The number of ether oxygens (including phenoxy) is 1. The molecule has 166 valence electrons. The monoisotopic (exact) mass is 479 g/mol. The Balaban J connectivity index is 0.000000367. The zero-order valence-electron chi connectivity index (χ0n) is 17.8. The van der Waals surface area contributed by atoms with Crippen molar-refractivity contribution in [3.63, 3.8) is 0 Å². The van der Waals surface area contributed by atoms with Gasteiger partial charge in [0.15, 0.2) is 0 Å². The minimum Gasteiger partial charge on any atom is -0.378 e. The van der Waals surface area contributed by atoms with Crippen LogP contribution in [0.3, 0.4) is 0 Å². The van der Waals surface area contributed by atoms with Crippen molar-refractivity contribution in [1.29, 1.82) is 0 Å². The molecule has 1 aromatic heterocycles. The van der Waals surface area contributed by atoms with Crippen LogP contribution in [0, 0.1) is 5.92 Å². The van der Waals surface area contributed by atoms with Crippen molar-refractivity contribution < 1.29 is 14.7 Å². The molecule has 3 N–H and O–H groups in total. The van der Waals surface area contributed by atoms with Gasteiger partial charge in [-0.05, 0) is 30.9 Å². The number of carbonyl (C=O) groups is 1. The van der Waals surface area contributed by atoms with Crippen molar-refractivity contribution in [3.8, 4) is 0 Å². The molecule has 2 aliphatic rings. The number of benzene rings is 1. The largest absolute Gasteiger partial charge is 0.378 e. The van der Waals surface area contributed by atoms with Crippen LogP contribution in [-0.2, 0) is 11.3 Å². The van der Waals surface area contributed by atoms with Gasteiger partial charge >= 0.3 is 0 Å². The summed E-state index contributed by atoms with van der Waals surface area (Å²) in [5.74, 6) is 0.852. The summed E-state index contributed by atoms with van der Waals surface area (Å²) >= 11 is 3.62. The van der Waals surface area contributed by atoms with E-state index in [0.717, 1.165) is 52.8 Å². The molecule has 1 aromatic carbocycles. The molecule has 2 fully saturated rings. The number of fused-ring (bicyclic) bond motifs is 1. The zero-order valence-corrected chi connectivity index (χ0v) is 19.4. The third-order valence-electron chi connectivity index (χ3n) is 5.95. The number of rotatable bonds is 7. The van der Waals surface area contributed by atoms with Crippen molar-refractivity contribution in [1.82, 2.24) is 15.4 Å². The Morgan fingerprint density at radius 2 is 2.03 bits per heavy atom. The van der Waals surface area contributed by atoms with E-state index in [2.05, 4.69) is 44.3 Å². The number of amides is 1. The average Bonchev–Trinajstić information content (AvgIpc) is 3.09. The first-order valence-electron chi connectivity index (χ1n) is 11.2. The van der Waals surface area contributed by atoms with Crippen LogP contribution >= 0.6 is 15.9 Å². The summed E-state index contributed by atoms with van der Waals surface area (Å²) in [5.41, 5.74) is 3.99. The third-order valence-corrected chi connectivity index (χ3v) is 6.61. The molecular weight excluding hydrogens is 446 g/mol. The first-order valence-corrected chi connectivity index (χ1v) is 12.0. The molecule has 0 bridgehead atoms. The summed E-state index contributed by atoms with van der Waals surface area (Å²) in [6.07, 6.45) is 10.9. The van der Waals surface area contributed by atoms with E-state index in [1.807, 2.05) is 18.3 Å². The highest BCUT2D eigenvalue weighted by atomic mass is 79.9. The van der Waals surface area contributed by atoms with Gasteiger partial charge < -0.3 is 19.8 Å². The van der Waals surface area contributed by atoms with Gasteiger partial charge in [0.25, 0.3) is 5.91 Å². The molecule has 6 nitrogen and oxygen atoms in total. The highest BCUT2D eigenvalue weighted by Gasteiger charge is 2.18. The number of aryl methyl sites for hydroxylation is 1. The summed E-state index contributed by atoms with van der Waals surface area (Å²) < 4.78 is 7.89. The predicted octanol–water partition coefficient (Wildman–Crippen LogP) is 4.88. The number of hydrogen-bond acceptors (Lipinski definition) is 4. The topological polar surface area (TPSA) is 75.5 Å². The van der Waals surface area contributed by atoms with Crippen LogP contribution in [0.2, 0.25) is 0 Å². The fourth-order valence-corrected chi connectivity index (χ4v) is 4.75. The van der Waals surface area contributed by atoms with E-state index in [4.69, 9.17) is 9.94 Å². The molecule has 0 radical (unpaired) electrons. The molecule has 0 spiro atoms. The summed E-state index contributed by atoms with van der Waals surface area (Å²) in [6.45, 7) is 5.18. The normalized spacial score (nSPS) is 17.3. The lowest BCUT2D eigenvalue weighted by Crippen LogP contribution is -2.44. The van der Waals surface area contributed by atoms with E-state index < -0.39 is 0 Å². The molecule has 4 rings (SSSR count). The highest BCUT2D eigenvalue weighted by molar-refractivity contribution is 9.10. The van der Waals surface area contributed by atoms with Crippen molar-refractivity contribution >= 4 is 32.7 Å². The lowest BCUT2D eigenvalue weighted by molar-refractivity contribution is -0.0580. The Hall–Kier alpha value is -1.41. The number of nitrogens with one attached hydrogen (secondary N) is 2. The molecule has 30 heavy (non-hydrogen) atoms. The van der Waals surface area contributed by atoms with Crippen molar-refractivity contribution in [2.75, 3.05) is 19.8 Å². The fourth-order valence-electron chi connectivity index (χ4n) is 4.18. The van der Waals surface area contributed by atoms with Crippen LogP contribution in [0.4, 0.5) is 0 Å². The van der Waals surface area contributed by atoms with Gasteiger partial charge in [0.1, 0.15) is 0 Å². The van der Waals surface area contributed by atoms with Crippen LogP contribution in [0.25, 0.3) is 10.9 Å². The summed E-state index contributed by atoms with van der Waals surface area (Å²) in [7, 11) is 0. The van der Waals surface area contributed by atoms with Crippen LogP contribution in [-0.4, -0.2) is 41.5 Å². The van der Waals surface area contributed by atoms with E-state index in [1.54, 1.807) is 0 Å². The number of hydrogen-bond donors (Lipinski definition) is 3. The molecule has 1 aliphatic heterocycles. The summed E-state index contributed by atoms with van der Waals surface area (Å²) in [4.78, 5) is 12.7. The number of hydroxylamine groups is 1. The van der Waals surface area contributed by atoms with Crippen LogP contribution in [0.5, 0.6) is 0 Å². The average molecular weight is 480 g/mol. The van der Waals surface area contributed by atoms with E-state index in [0.29, 0.717) is 13.2 Å². The van der Waals surface area contributed by atoms with E-state index in [1.165, 1.54) is 32.1 Å². The van der Waals surface area contributed by atoms with Crippen molar-refractivity contribution in [2.45, 2.75) is 64.5 Å². The Morgan fingerprint density at radius 3 is 2.63 bits per heavy atom. The van der Waals surface area contributed by atoms with E-state index >= 15 is 0 Å². The fraction of sp³-hybridized carbons (Fsp3) is 0.609. The molecule has 7 heteroatoms. The SMILES string of the molecule is CCCn1cc(C(=O)NCCC2CCCCC2)c2c(Br)cccc21.ONC1COC1.